The van der Waals surface area contributed by atoms with Crippen LogP contribution >= 0.6 is 0 Å². The first kappa shape index (κ1) is 14.8. The number of ether oxygens (including phenoxy) is 2. The summed E-state index contributed by atoms with van der Waals surface area (Å²) in [5.41, 5.74) is 5.95. The molecule has 0 fully saturated rings. The van der Waals surface area contributed by atoms with Gasteiger partial charge >= 0.3 is 0 Å². The van der Waals surface area contributed by atoms with E-state index < -0.39 is 0 Å². The van der Waals surface area contributed by atoms with Crippen molar-refractivity contribution in [2.75, 3.05) is 27.9 Å². The molecule has 5 heteroatoms. The molecular weight excluding hydrogens is 230 g/mol. The Kier molecular flexibility index (Phi) is 5.40. The summed E-state index contributed by atoms with van der Waals surface area (Å²) in [7, 11) is 5.36. The van der Waals surface area contributed by atoms with Gasteiger partial charge in [-0.2, -0.15) is 0 Å². The van der Waals surface area contributed by atoms with Gasteiger partial charge in [0.2, 0.25) is 0 Å². The first-order valence-corrected chi connectivity index (χ1v) is 5.88. The summed E-state index contributed by atoms with van der Waals surface area (Å²) in [5.74, 6) is 7.12. The third kappa shape index (κ3) is 3.13. The smallest absolute Gasteiger partial charge is 0.126 e. The number of nitrogens with one attached hydrogen (secondary N) is 1. The molecule has 0 aliphatic carbocycles. The van der Waals surface area contributed by atoms with Crippen molar-refractivity contribution < 1.29 is 9.47 Å². The molecule has 102 valence electrons. The molecular formula is C13H23N3O2. The van der Waals surface area contributed by atoms with E-state index in [1.165, 1.54) is 0 Å². The van der Waals surface area contributed by atoms with Gasteiger partial charge in [0.25, 0.3) is 0 Å². The van der Waals surface area contributed by atoms with Gasteiger partial charge in [-0.25, -0.2) is 5.43 Å². The van der Waals surface area contributed by atoms with E-state index in [1.54, 1.807) is 14.2 Å². The van der Waals surface area contributed by atoms with Crippen molar-refractivity contribution in [3.05, 3.63) is 22.8 Å². The second-order valence-electron chi connectivity index (χ2n) is 4.40. The Balaban J connectivity index is 3.12. The molecule has 1 rings (SSSR count). The number of nitrogens with two attached hydrogens (primary N) is 1. The third-order valence-corrected chi connectivity index (χ3v) is 3.10. The first-order chi connectivity index (χ1) is 8.54. The molecule has 0 saturated carbocycles. The molecule has 1 aromatic carbocycles. The molecule has 3 N–H and O–H groups in total. The van der Waals surface area contributed by atoms with Gasteiger partial charge in [0, 0.05) is 12.1 Å². The van der Waals surface area contributed by atoms with Gasteiger partial charge in [-0.05, 0) is 38.1 Å². The molecule has 0 bridgehead atoms. The zero-order chi connectivity index (χ0) is 13.7. The average molecular weight is 253 g/mol. The molecule has 0 unspecified atom stereocenters. The standard InChI is InChI=1S/C13H23N3O2/c1-9-10(2)13(18-5)11(6-12(9)17-4)7-16(3)8-15-14/h6,15H,7-8,14H2,1-5H3. The second-order valence-corrected chi connectivity index (χ2v) is 4.40. The number of hydrazine groups is 1. The van der Waals surface area contributed by atoms with Crippen molar-refractivity contribution >= 4 is 0 Å². The molecule has 0 spiro atoms. The molecule has 18 heavy (non-hydrogen) atoms. The minimum absolute atomic E-state index is 0.610. The molecule has 0 heterocycles. The Hall–Kier alpha value is -1.30. The van der Waals surface area contributed by atoms with Crippen molar-refractivity contribution in [2.24, 2.45) is 5.84 Å². The molecule has 0 aliphatic heterocycles. The minimum atomic E-state index is 0.610. The quantitative estimate of drug-likeness (QED) is 0.453. The molecule has 0 amide bonds. The summed E-state index contributed by atoms with van der Waals surface area (Å²) < 4.78 is 10.9. The van der Waals surface area contributed by atoms with Gasteiger partial charge in [-0.3, -0.25) is 10.7 Å². The van der Waals surface area contributed by atoms with Crippen LogP contribution in [0.2, 0.25) is 0 Å². The molecule has 0 saturated heterocycles. The number of rotatable bonds is 6. The normalized spacial score (nSPS) is 10.8. The van der Waals surface area contributed by atoms with Crippen LogP contribution in [-0.2, 0) is 6.54 Å². The van der Waals surface area contributed by atoms with Crippen molar-refractivity contribution in [3.8, 4) is 11.5 Å². The second kappa shape index (κ2) is 6.58. The van der Waals surface area contributed by atoms with E-state index in [-0.39, 0.29) is 0 Å². The lowest BCUT2D eigenvalue weighted by molar-refractivity contribution is 0.293. The highest BCUT2D eigenvalue weighted by atomic mass is 16.5. The summed E-state index contributed by atoms with van der Waals surface area (Å²) in [6.45, 7) is 5.43. The summed E-state index contributed by atoms with van der Waals surface area (Å²) in [4.78, 5) is 2.06. The topological polar surface area (TPSA) is 59.8 Å². The van der Waals surface area contributed by atoms with Crippen LogP contribution in [0.3, 0.4) is 0 Å². The Morgan fingerprint density at radius 3 is 2.39 bits per heavy atom. The lowest BCUT2D eigenvalue weighted by Crippen LogP contribution is -2.35. The molecule has 0 aromatic heterocycles. The maximum atomic E-state index is 5.50. The highest BCUT2D eigenvalue weighted by Gasteiger charge is 2.14. The fraction of sp³-hybridized carbons (Fsp3) is 0.538. The van der Waals surface area contributed by atoms with E-state index >= 15 is 0 Å². The lowest BCUT2D eigenvalue weighted by atomic mass is 10.0. The predicted molar refractivity (Wildman–Crippen MR) is 72.7 cm³/mol. The maximum absolute atomic E-state index is 5.50. The molecule has 0 radical (unpaired) electrons. The van der Waals surface area contributed by atoms with Crippen LogP contribution in [0, 0.1) is 13.8 Å². The Morgan fingerprint density at radius 1 is 1.22 bits per heavy atom. The minimum Gasteiger partial charge on any atom is -0.496 e. The van der Waals surface area contributed by atoms with E-state index in [0.717, 1.165) is 34.7 Å². The molecule has 1 aromatic rings. The average Bonchev–Trinajstić information content (AvgIpc) is 2.34. The van der Waals surface area contributed by atoms with E-state index in [9.17, 15) is 0 Å². The first-order valence-electron chi connectivity index (χ1n) is 5.88. The van der Waals surface area contributed by atoms with E-state index in [4.69, 9.17) is 15.3 Å². The molecule has 0 atom stereocenters. The van der Waals surface area contributed by atoms with E-state index in [2.05, 4.69) is 10.3 Å². The Bertz CT molecular complexity index is 408. The largest absolute Gasteiger partial charge is 0.496 e. The van der Waals surface area contributed by atoms with Gasteiger partial charge in [0.05, 0.1) is 20.9 Å². The summed E-state index contributed by atoms with van der Waals surface area (Å²) in [6.07, 6.45) is 0. The Labute approximate surface area is 109 Å². The highest BCUT2D eigenvalue weighted by Crippen LogP contribution is 2.33. The van der Waals surface area contributed by atoms with Crippen LogP contribution in [0.25, 0.3) is 0 Å². The van der Waals surface area contributed by atoms with Crippen molar-refractivity contribution in [2.45, 2.75) is 20.4 Å². The third-order valence-electron chi connectivity index (χ3n) is 3.10. The van der Waals surface area contributed by atoms with Gasteiger partial charge in [0.1, 0.15) is 11.5 Å². The number of nitrogens with zero attached hydrogens (tertiary/aromatic N) is 1. The van der Waals surface area contributed by atoms with Crippen LogP contribution < -0.4 is 20.7 Å². The summed E-state index contributed by atoms with van der Waals surface area (Å²) in [6, 6.07) is 2.02. The number of hydrogen-bond donors (Lipinski definition) is 2. The van der Waals surface area contributed by atoms with Gasteiger partial charge in [-0.1, -0.05) is 0 Å². The zero-order valence-corrected chi connectivity index (χ0v) is 11.8. The number of benzene rings is 1. The maximum Gasteiger partial charge on any atom is 0.126 e. The zero-order valence-electron chi connectivity index (χ0n) is 11.8. The lowest BCUT2D eigenvalue weighted by Gasteiger charge is -2.21. The van der Waals surface area contributed by atoms with E-state index in [0.29, 0.717) is 6.67 Å². The van der Waals surface area contributed by atoms with Crippen molar-refractivity contribution in [3.63, 3.8) is 0 Å². The highest BCUT2D eigenvalue weighted by molar-refractivity contribution is 5.52. The monoisotopic (exact) mass is 253 g/mol. The van der Waals surface area contributed by atoms with E-state index in [1.807, 2.05) is 27.0 Å². The van der Waals surface area contributed by atoms with Crippen LogP contribution in [0.1, 0.15) is 16.7 Å². The van der Waals surface area contributed by atoms with Gasteiger partial charge in [-0.15, -0.1) is 0 Å². The van der Waals surface area contributed by atoms with Crippen LogP contribution in [0.5, 0.6) is 11.5 Å². The SMILES string of the molecule is COc1cc(CN(C)CNN)c(OC)c(C)c1C. The van der Waals surface area contributed by atoms with Crippen molar-refractivity contribution in [1.29, 1.82) is 0 Å². The number of hydrogen-bond acceptors (Lipinski definition) is 5. The number of methoxy groups -OCH3 is 2. The summed E-state index contributed by atoms with van der Waals surface area (Å²) >= 11 is 0. The molecule has 0 aliphatic rings. The fourth-order valence-electron chi connectivity index (χ4n) is 2.04. The van der Waals surface area contributed by atoms with Gasteiger partial charge in [0.15, 0.2) is 0 Å². The fourth-order valence-corrected chi connectivity index (χ4v) is 2.04. The Morgan fingerprint density at radius 2 is 1.89 bits per heavy atom. The van der Waals surface area contributed by atoms with Crippen molar-refractivity contribution in [1.82, 2.24) is 10.3 Å². The predicted octanol–water partition coefficient (Wildman–Crippen LogP) is 1.17. The molecule has 5 nitrogen and oxygen atoms in total. The summed E-state index contributed by atoms with van der Waals surface area (Å²) in [5, 5.41) is 0. The van der Waals surface area contributed by atoms with Crippen LogP contribution in [0.4, 0.5) is 0 Å². The van der Waals surface area contributed by atoms with Crippen LogP contribution in [0.15, 0.2) is 6.07 Å². The van der Waals surface area contributed by atoms with Crippen LogP contribution in [-0.4, -0.2) is 32.8 Å². The van der Waals surface area contributed by atoms with Gasteiger partial charge < -0.3 is 9.47 Å².